The van der Waals surface area contributed by atoms with Crippen molar-refractivity contribution in [2.75, 3.05) is 6.61 Å². The molecule has 4 atom stereocenters. The highest BCUT2D eigenvalue weighted by Crippen LogP contribution is 2.33. The summed E-state index contributed by atoms with van der Waals surface area (Å²) in [6.07, 6.45) is -4.04. The fourth-order valence-corrected chi connectivity index (χ4v) is 3.24. The lowest BCUT2D eigenvalue weighted by atomic mass is 10.1. The summed E-state index contributed by atoms with van der Waals surface area (Å²) in [5.41, 5.74) is -0.500. The second kappa shape index (κ2) is 9.16. The molecular weight excluding hydrogens is 416 g/mol. The Labute approximate surface area is 175 Å². The average molecular weight is 438 g/mol. The monoisotopic (exact) mass is 438 g/mol. The Balaban J connectivity index is 2.06. The summed E-state index contributed by atoms with van der Waals surface area (Å²) in [6, 6.07) is 0. The van der Waals surface area contributed by atoms with E-state index in [9.17, 15) is 19.2 Å². The van der Waals surface area contributed by atoms with Gasteiger partial charge in [-0.2, -0.15) is 4.68 Å². The lowest BCUT2D eigenvalue weighted by molar-refractivity contribution is -0.166. The highest BCUT2D eigenvalue weighted by atomic mass is 16.7. The first-order valence-electron chi connectivity index (χ1n) is 9.54. The van der Waals surface area contributed by atoms with Crippen LogP contribution in [0.1, 0.15) is 40.3 Å². The Bertz CT molecular complexity index is 1050. The van der Waals surface area contributed by atoms with Crippen molar-refractivity contribution in [3.8, 4) is 0 Å². The molecule has 1 fully saturated rings. The van der Waals surface area contributed by atoms with Crippen LogP contribution in [0.5, 0.6) is 0 Å². The highest BCUT2D eigenvalue weighted by Gasteiger charge is 2.51. The number of esters is 3. The van der Waals surface area contributed by atoms with Crippen molar-refractivity contribution in [1.29, 1.82) is 0 Å². The number of hydrogen-bond donors (Lipinski definition) is 0. The highest BCUT2D eigenvalue weighted by molar-refractivity contribution is 5.68. The zero-order chi connectivity index (χ0) is 22.7. The molecule has 0 spiro atoms. The second-order valence-corrected chi connectivity index (χ2v) is 6.84. The van der Waals surface area contributed by atoms with E-state index in [1.165, 1.54) is 11.6 Å². The predicted octanol–water partition coefficient (Wildman–Crippen LogP) is -0.883. The van der Waals surface area contributed by atoms with Crippen molar-refractivity contribution in [1.82, 2.24) is 30.0 Å². The standard InChI is InChI=1S/C17H22N6O8/c1-5-6-22-12-15(18-20-22)19-21-23(16(12)27)17-14(30-10(4)26)13(29-9(3)25)11(31-17)7-28-8(2)24/h11,13-14,17H,5-7H2,1-4H3. The number of ether oxygens (including phenoxy) is 4. The Kier molecular flexibility index (Phi) is 6.58. The van der Waals surface area contributed by atoms with E-state index >= 15 is 0 Å². The third-order valence-electron chi connectivity index (χ3n) is 4.38. The van der Waals surface area contributed by atoms with E-state index in [1.54, 1.807) is 0 Å². The van der Waals surface area contributed by atoms with Crippen LogP contribution in [0.2, 0.25) is 0 Å². The first-order chi connectivity index (χ1) is 14.7. The molecule has 31 heavy (non-hydrogen) atoms. The minimum atomic E-state index is -1.30. The molecular formula is C17H22N6O8. The Morgan fingerprint density at radius 3 is 2.26 bits per heavy atom. The van der Waals surface area contributed by atoms with E-state index in [1.807, 2.05) is 6.92 Å². The lowest BCUT2D eigenvalue weighted by Crippen LogP contribution is -2.42. The third kappa shape index (κ3) is 4.68. The Morgan fingerprint density at radius 1 is 1.00 bits per heavy atom. The fraction of sp³-hybridized carbons (Fsp3) is 0.647. The average Bonchev–Trinajstić information content (AvgIpc) is 3.23. The van der Waals surface area contributed by atoms with Gasteiger partial charge in [0.1, 0.15) is 12.7 Å². The SMILES string of the molecule is CCCn1nnc2nnn(C3OC(COC(C)=O)C(OC(C)=O)C3OC(C)=O)c(=O)c21. The van der Waals surface area contributed by atoms with Gasteiger partial charge >= 0.3 is 17.9 Å². The van der Waals surface area contributed by atoms with Gasteiger partial charge in [0.15, 0.2) is 24.0 Å². The summed E-state index contributed by atoms with van der Waals surface area (Å²) in [7, 11) is 0. The van der Waals surface area contributed by atoms with E-state index in [2.05, 4.69) is 20.6 Å². The molecule has 4 unspecified atom stereocenters. The van der Waals surface area contributed by atoms with Crippen LogP contribution in [0.3, 0.4) is 0 Å². The quantitative estimate of drug-likeness (QED) is 0.387. The second-order valence-electron chi connectivity index (χ2n) is 6.84. The normalized spacial score (nSPS) is 23.0. The number of rotatable bonds is 7. The Hall–Kier alpha value is -3.42. The molecule has 1 aliphatic rings. The topological polar surface area (TPSA) is 167 Å². The van der Waals surface area contributed by atoms with Gasteiger partial charge in [-0.15, -0.1) is 10.2 Å². The maximum atomic E-state index is 13.2. The van der Waals surface area contributed by atoms with Crippen molar-refractivity contribution in [2.24, 2.45) is 0 Å². The van der Waals surface area contributed by atoms with Crippen molar-refractivity contribution in [3.05, 3.63) is 10.4 Å². The maximum Gasteiger partial charge on any atom is 0.303 e. The zero-order valence-corrected chi connectivity index (χ0v) is 17.4. The van der Waals surface area contributed by atoms with E-state index in [4.69, 9.17) is 18.9 Å². The zero-order valence-electron chi connectivity index (χ0n) is 17.4. The molecule has 0 N–H and O–H groups in total. The molecule has 168 valence electrons. The van der Waals surface area contributed by atoms with Gasteiger partial charge in [-0.05, 0) is 6.42 Å². The molecule has 14 heteroatoms. The van der Waals surface area contributed by atoms with Crippen LogP contribution in [0.15, 0.2) is 4.79 Å². The van der Waals surface area contributed by atoms with Gasteiger partial charge in [0, 0.05) is 27.3 Å². The van der Waals surface area contributed by atoms with E-state index in [-0.39, 0.29) is 17.8 Å². The molecule has 2 aromatic heterocycles. The van der Waals surface area contributed by atoms with Gasteiger partial charge in [-0.1, -0.05) is 17.4 Å². The number of hydrogen-bond acceptors (Lipinski definition) is 12. The summed E-state index contributed by atoms with van der Waals surface area (Å²) < 4.78 is 23.6. The van der Waals surface area contributed by atoms with Crippen molar-refractivity contribution < 1.29 is 33.3 Å². The van der Waals surface area contributed by atoms with Crippen LogP contribution in [0.4, 0.5) is 0 Å². The molecule has 0 bridgehead atoms. The summed E-state index contributed by atoms with van der Waals surface area (Å²) in [5.74, 6) is -1.98. The van der Waals surface area contributed by atoms with Gasteiger partial charge in [0.05, 0.1) is 0 Å². The van der Waals surface area contributed by atoms with Crippen molar-refractivity contribution in [2.45, 2.75) is 65.2 Å². The van der Waals surface area contributed by atoms with Gasteiger partial charge in [0.25, 0.3) is 5.56 Å². The molecule has 3 rings (SSSR count). The first-order valence-corrected chi connectivity index (χ1v) is 9.54. The van der Waals surface area contributed by atoms with Gasteiger partial charge in [-0.3, -0.25) is 19.2 Å². The summed E-state index contributed by atoms with van der Waals surface area (Å²) in [6.45, 7) is 5.53. The number of aryl methyl sites for hydroxylation is 1. The Morgan fingerprint density at radius 2 is 1.65 bits per heavy atom. The van der Waals surface area contributed by atoms with E-state index in [0.29, 0.717) is 13.0 Å². The number of aromatic nitrogens is 6. The van der Waals surface area contributed by atoms with Crippen molar-refractivity contribution in [3.63, 3.8) is 0 Å². The van der Waals surface area contributed by atoms with Crippen LogP contribution < -0.4 is 5.56 Å². The molecule has 14 nitrogen and oxygen atoms in total. The lowest BCUT2D eigenvalue weighted by Gasteiger charge is -2.23. The summed E-state index contributed by atoms with van der Waals surface area (Å²) >= 11 is 0. The number of fused-ring (bicyclic) bond motifs is 1. The maximum absolute atomic E-state index is 13.2. The predicted molar refractivity (Wildman–Crippen MR) is 99.3 cm³/mol. The van der Waals surface area contributed by atoms with Crippen molar-refractivity contribution >= 4 is 29.1 Å². The van der Waals surface area contributed by atoms with Crippen LogP contribution in [-0.4, -0.2) is 72.8 Å². The molecule has 0 radical (unpaired) electrons. The number of carbonyl (C=O) groups is 3. The third-order valence-corrected chi connectivity index (χ3v) is 4.38. The molecule has 0 aromatic carbocycles. The minimum absolute atomic E-state index is 0.0460. The number of nitrogens with zero attached hydrogens (tertiary/aromatic N) is 6. The van der Waals surface area contributed by atoms with Crippen LogP contribution >= 0.6 is 0 Å². The van der Waals surface area contributed by atoms with Gasteiger partial charge in [0.2, 0.25) is 5.65 Å². The van der Waals surface area contributed by atoms with Gasteiger partial charge < -0.3 is 18.9 Å². The summed E-state index contributed by atoms with van der Waals surface area (Å²) in [4.78, 5) is 47.8. The van der Waals surface area contributed by atoms with E-state index < -0.39 is 48.0 Å². The number of carbonyl (C=O) groups excluding carboxylic acids is 3. The smallest absolute Gasteiger partial charge is 0.303 e. The van der Waals surface area contributed by atoms with Gasteiger partial charge in [-0.25, -0.2) is 4.68 Å². The molecule has 0 aliphatic carbocycles. The first kappa shape index (κ1) is 22.3. The molecule has 3 heterocycles. The molecule has 2 aromatic rings. The molecule has 1 saturated heterocycles. The van der Waals surface area contributed by atoms with Crippen LogP contribution in [-0.2, 0) is 39.9 Å². The van der Waals surface area contributed by atoms with Crippen LogP contribution in [0.25, 0.3) is 11.2 Å². The molecule has 0 amide bonds. The fourth-order valence-electron chi connectivity index (χ4n) is 3.24. The van der Waals surface area contributed by atoms with Crippen LogP contribution in [0, 0.1) is 0 Å². The largest absolute Gasteiger partial charge is 0.463 e. The molecule has 0 saturated carbocycles. The summed E-state index contributed by atoms with van der Waals surface area (Å²) in [5, 5.41) is 15.5. The minimum Gasteiger partial charge on any atom is -0.463 e. The molecule has 1 aliphatic heterocycles. The van der Waals surface area contributed by atoms with E-state index in [0.717, 1.165) is 18.5 Å².